The van der Waals surface area contributed by atoms with E-state index >= 15 is 0 Å². The van der Waals surface area contributed by atoms with Crippen LogP contribution in [0, 0.1) is 0 Å². The van der Waals surface area contributed by atoms with Gasteiger partial charge in [-0.25, -0.2) is 0 Å². The minimum absolute atomic E-state index is 0.642. The van der Waals surface area contributed by atoms with Crippen molar-refractivity contribution in [3.05, 3.63) is 48.3 Å². The Labute approximate surface area is 113 Å². The summed E-state index contributed by atoms with van der Waals surface area (Å²) in [5.41, 5.74) is 7.67. The minimum atomic E-state index is 0.642. The first kappa shape index (κ1) is 13.2. The Morgan fingerprint density at radius 1 is 1.11 bits per heavy atom. The van der Waals surface area contributed by atoms with Crippen molar-refractivity contribution in [2.75, 3.05) is 19.5 Å². The molecule has 2 aromatic rings. The summed E-state index contributed by atoms with van der Waals surface area (Å²) in [6.45, 7) is 0.648. The van der Waals surface area contributed by atoms with E-state index < -0.39 is 0 Å². The van der Waals surface area contributed by atoms with Gasteiger partial charge in [0.25, 0.3) is 0 Å². The fraction of sp³-hybridized carbons (Fsp3) is 0.267. The third kappa shape index (κ3) is 4.17. The summed E-state index contributed by atoms with van der Waals surface area (Å²) in [7, 11) is 1.61. The number of nitrogens with zero attached hydrogens (tertiary/aromatic N) is 1. The van der Waals surface area contributed by atoms with Gasteiger partial charge >= 0.3 is 0 Å². The highest BCUT2D eigenvalue weighted by Gasteiger charge is 2.00. The number of methoxy groups -OCH3 is 1. The number of rotatable bonds is 6. The summed E-state index contributed by atoms with van der Waals surface area (Å²) in [4.78, 5) is 3.99. The van der Waals surface area contributed by atoms with Gasteiger partial charge in [-0.2, -0.15) is 0 Å². The Morgan fingerprint density at radius 2 is 1.84 bits per heavy atom. The smallest absolute Gasteiger partial charge is 0.125 e. The van der Waals surface area contributed by atoms with Gasteiger partial charge in [0.1, 0.15) is 11.5 Å². The fourth-order valence-corrected chi connectivity index (χ4v) is 1.81. The number of benzene rings is 1. The quantitative estimate of drug-likeness (QED) is 0.639. The zero-order valence-corrected chi connectivity index (χ0v) is 11.0. The Bertz CT molecular complexity index is 515. The van der Waals surface area contributed by atoms with Crippen molar-refractivity contribution >= 4 is 5.69 Å². The lowest BCUT2D eigenvalue weighted by molar-refractivity contribution is 0.308. The van der Waals surface area contributed by atoms with Gasteiger partial charge in [-0.3, -0.25) is 4.98 Å². The number of nitrogens with two attached hydrogens (primary N) is 1. The average Bonchev–Trinajstić information content (AvgIpc) is 2.44. The van der Waals surface area contributed by atoms with Gasteiger partial charge < -0.3 is 15.2 Å². The molecule has 0 spiro atoms. The molecule has 0 fully saturated rings. The zero-order chi connectivity index (χ0) is 13.5. The molecule has 0 aliphatic carbocycles. The van der Waals surface area contributed by atoms with Crippen molar-refractivity contribution in [2.24, 2.45) is 0 Å². The molecule has 0 aliphatic heterocycles. The van der Waals surface area contributed by atoms with E-state index in [1.54, 1.807) is 31.6 Å². The van der Waals surface area contributed by atoms with Crippen LogP contribution in [-0.2, 0) is 6.42 Å². The van der Waals surface area contributed by atoms with Gasteiger partial charge in [0.2, 0.25) is 0 Å². The SMILES string of the molecule is COc1cc(N)cc(OCCCc2ccncc2)c1. The van der Waals surface area contributed by atoms with Crippen LogP contribution in [0.4, 0.5) is 5.69 Å². The van der Waals surface area contributed by atoms with E-state index in [0.29, 0.717) is 18.0 Å². The maximum absolute atomic E-state index is 5.76. The molecule has 0 unspecified atom stereocenters. The normalized spacial score (nSPS) is 10.2. The second-order valence-corrected chi connectivity index (χ2v) is 4.25. The lowest BCUT2D eigenvalue weighted by Gasteiger charge is -2.09. The number of aryl methyl sites for hydroxylation is 1. The van der Waals surface area contributed by atoms with Crippen molar-refractivity contribution < 1.29 is 9.47 Å². The van der Waals surface area contributed by atoms with E-state index in [-0.39, 0.29) is 0 Å². The number of ether oxygens (including phenoxy) is 2. The second kappa shape index (κ2) is 6.64. The van der Waals surface area contributed by atoms with Gasteiger partial charge in [-0.1, -0.05) is 0 Å². The average molecular weight is 258 g/mol. The molecule has 2 rings (SSSR count). The standard InChI is InChI=1S/C15H18N2O2/c1-18-14-9-13(16)10-15(11-14)19-8-2-3-12-4-6-17-7-5-12/h4-7,9-11H,2-3,8,16H2,1H3. The highest BCUT2D eigenvalue weighted by atomic mass is 16.5. The van der Waals surface area contributed by atoms with Gasteiger partial charge in [0.15, 0.2) is 0 Å². The van der Waals surface area contributed by atoms with E-state index in [1.165, 1.54) is 5.56 Å². The topological polar surface area (TPSA) is 57.4 Å². The summed E-state index contributed by atoms with van der Waals surface area (Å²) in [6, 6.07) is 9.44. The molecule has 2 N–H and O–H groups in total. The third-order valence-electron chi connectivity index (χ3n) is 2.77. The highest BCUT2D eigenvalue weighted by molar-refractivity contribution is 5.50. The van der Waals surface area contributed by atoms with Crippen LogP contribution in [0.25, 0.3) is 0 Å². The number of aromatic nitrogens is 1. The molecule has 4 nitrogen and oxygen atoms in total. The van der Waals surface area contributed by atoms with E-state index in [0.717, 1.165) is 18.6 Å². The lowest BCUT2D eigenvalue weighted by Crippen LogP contribution is -2.00. The van der Waals surface area contributed by atoms with Gasteiger partial charge in [-0.05, 0) is 30.5 Å². The molecule has 19 heavy (non-hydrogen) atoms. The first-order chi connectivity index (χ1) is 9.28. The molecule has 100 valence electrons. The summed E-state index contributed by atoms with van der Waals surface area (Å²) in [5, 5.41) is 0. The number of hydrogen-bond acceptors (Lipinski definition) is 4. The summed E-state index contributed by atoms with van der Waals surface area (Å²) in [5.74, 6) is 1.45. The van der Waals surface area contributed by atoms with E-state index in [9.17, 15) is 0 Å². The molecule has 1 heterocycles. The van der Waals surface area contributed by atoms with E-state index in [4.69, 9.17) is 15.2 Å². The zero-order valence-electron chi connectivity index (χ0n) is 11.0. The summed E-state index contributed by atoms with van der Waals surface area (Å²) < 4.78 is 10.8. The molecule has 0 amide bonds. The van der Waals surface area contributed by atoms with Crippen molar-refractivity contribution in [1.29, 1.82) is 0 Å². The molecular formula is C15H18N2O2. The predicted octanol–water partition coefficient (Wildman–Crippen LogP) is 2.68. The number of pyridine rings is 1. The Kier molecular flexibility index (Phi) is 4.61. The van der Waals surface area contributed by atoms with Crippen molar-refractivity contribution in [2.45, 2.75) is 12.8 Å². The third-order valence-corrected chi connectivity index (χ3v) is 2.77. The molecule has 0 aliphatic rings. The Morgan fingerprint density at radius 3 is 2.58 bits per heavy atom. The van der Waals surface area contributed by atoms with Gasteiger partial charge in [0, 0.05) is 36.3 Å². The van der Waals surface area contributed by atoms with Crippen LogP contribution in [0.15, 0.2) is 42.7 Å². The Hall–Kier alpha value is -2.23. The minimum Gasteiger partial charge on any atom is -0.497 e. The highest BCUT2D eigenvalue weighted by Crippen LogP contribution is 2.24. The first-order valence-corrected chi connectivity index (χ1v) is 6.24. The Balaban J connectivity index is 1.81. The van der Waals surface area contributed by atoms with Crippen LogP contribution in [-0.4, -0.2) is 18.7 Å². The monoisotopic (exact) mass is 258 g/mol. The largest absolute Gasteiger partial charge is 0.497 e. The van der Waals surface area contributed by atoms with E-state index in [2.05, 4.69) is 4.98 Å². The summed E-state index contributed by atoms with van der Waals surface area (Å²) in [6.07, 6.45) is 5.53. The maximum atomic E-state index is 5.76. The van der Waals surface area contributed by atoms with Crippen LogP contribution in [0.5, 0.6) is 11.5 Å². The molecule has 0 bridgehead atoms. The lowest BCUT2D eigenvalue weighted by atomic mass is 10.1. The molecule has 0 radical (unpaired) electrons. The van der Waals surface area contributed by atoms with Crippen molar-refractivity contribution in [1.82, 2.24) is 4.98 Å². The molecule has 0 saturated heterocycles. The first-order valence-electron chi connectivity index (χ1n) is 6.24. The maximum Gasteiger partial charge on any atom is 0.125 e. The van der Waals surface area contributed by atoms with Crippen molar-refractivity contribution in [3.8, 4) is 11.5 Å². The fourth-order valence-electron chi connectivity index (χ4n) is 1.81. The van der Waals surface area contributed by atoms with Crippen LogP contribution in [0.2, 0.25) is 0 Å². The molecule has 1 aromatic heterocycles. The number of nitrogen functional groups attached to an aromatic ring is 1. The summed E-state index contributed by atoms with van der Waals surface area (Å²) >= 11 is 0. The molecule has 0 atom stereocenters. The van der Waals surface area contributed by atoms with E-state index in [1.807, 2.05) is 18.2 Å². The van der Waals surface area contributed by atoms with Crippen LogP contribution in [0.1, 0.15) is 12.0 Å². The predicted molar refractivity (Wildman–Crippen MR) is 75.5 cm³/mol. The van der Waals surface area contributed by atoms with Crippen LogP contribution >= 0.6 is 0 Å². The molecular weight excluding hydrogens is 240 g/mol. The second-order valence-electron chi connectivity index (χ2n) is 4.25. The molecule has 1 aromatic carbocycles. The number of hydrogen-bond donors (Lipinski definition) is 1. The van der Waals surface area contributed by atoms with Crippen molar-refractivity contribution in [3.63, 3.8) is 0 Å². The number of anilines is 1. The molecule has 4 heteroatoms. The van der Waals surface area contributed by atoms with Crippen LogP contribution < -0.4 is 15.2 Å². The van der Waals surface area contributed by atoms with Gasteiger partial charge in [0.05, 0.1) is 13.7 Å². The van der Waals surface area contributed by atoms with Crippen LogP contribution in [0.3, 0.4) is 0 Å². The van der Waals surface area contributed by atoms with Gasteiger partial charge in [-0.15, -0.1) is 0 Å². The molecule has 0 saturated carbocycles.